The molecule has 1 fully saturated rings. The van der Waals surface area contributed by atoms with Crippen molar-refractivity contribution in [2.75, 3.05) is 17.4 Å². The van der Waals surface area contributed by atoms with E-state index in [4.69, 9.17) is 0 Å². The summed E-state index contributed by atoms with van der Waals surface area (Å²) in [6, 6.07) is 0. The largest absolute Gasteiger partial charge is 0.266 e. The van der Waals surface area contributed by atoms with Crippen molar-refractivity contribution in [3.63, 3.8) is 0 Å². The topological polar surface area (TPSA) is 101 Å². The highest BCUT2D eigenvalue weighted by atomic mass is 32.3. The first-order chi connectivity index (χ1) is 5.37. The van der Waals surface area contributed by atoms with Gasteiger partial charge in [-0.25, -0.2) is 16.8 Å². The average molecular weight is 214 g/mol. The van der Waals surface area contributed by atoms with E-state index in [2.05, 4.69) is 5.29 Å². The smallest absolute Gasteiger partial charge is 0.228 e. The summed E-state index contributed by atoms with van der Waals surface area (Å²) in [4.78, 5) is 9.89. The summed E-state index contributed by atoms with van der Waals surface area (Å²) in [5.74, 6) is -0.349. The molecule has 12 heavy (non-hydrogen) atoms. The maximum absolute atomic E-state index is 10.9. The third-order valence-electron chi connectivity index (χ3n) is 1.33. The monoisotopic (exact) mass is 214 g/mol. The Labute approximate surface area is 69.3 Å². The fourth-order valence-electron chi connectivity index (χ4n) is 0.795. The van der Waals surface area contributed by atoms with Crippen molar-refractivity contribution in [3.8, 4) is 0 Å². The van der Waals surface area contributed by atoms with Crippen LogP contribution in [0.2, 0.25) is 0 Å². The second-order valence-corrected chi connectivity index (χ2v) is 6.73. The van der Waals surface area contributed by atoms with E-state index in [9.17, 15) is 21.7 Å². The molecular formula is C3H6N2O5S2. The molecular weight excluding hydrogens is 208 g/mol. The van der Waals surface area contributed by atoms with Crippen molar-refractivity contribution in [3.05, 3.63) is 4.91 Å². The Kier molecular flexibility index (Phi) is 2.08. The Balaban J connectivity index is 3.05. The lowest BCUT2D eigenvalue weighted by Crippen LogP contribution is -2.41. The zero-order valence-electron chi connectivity index (χ0n) is 5.87. The van der Waals surface area contributed by atoms with Crippen LogP contribution in [0.15, 0.2) is 5.29 Å². The van der Waals surface area contributed by atoms with Gasteiger partial charge in [0.1, 0.15) is 0 Å². The Bertz CT molecular complexity index is 381. The maximum atomic E-state index is 10.9. The molecule has 1 rings (SSSR count). The summed E-state index contributed by atoms with van der Waals surface area (Å²) in [7, 11) is -7.58. The third kappa shape index (κ3) is 1.72. The molecule has 1 aliphatic rings. The van der Waals surface area contributed by atoms with Gasteiger partial charge in [-0.2, -0.15) is 4.41 Å². The van der Waals surface area contributed by atoms with Crippen molar-refractivity contribution in [2.45, 2.75) is 0 Å². The van der Waals surface area contributed by atoms with Crippen molar-refractivity contribution in [1.29, 1.82) is 0 Å². The first-order valence-electron chi connectivity index (χ1n) is 2.91. The van der Waals surface area contributed by atoms with Gasteiger partial charge in [0.2, 0.25) is 0 Å². The van der Waals surface area contributed by atoms with E-state index in [1.807, 2.05) is 0 Å². The van der Waals surface area contributed by atoms with Gasteiger partial charge in [-0.15, -0.1) is 4.91 Å². The molecule has 0 aromatic rings. The molecule has 1 aliphatic heterocycles. The molecule has 1 saturated heterocycles. The lowest BCUT2D eigenvalue weighted by molar-refractivity contribution is 0.439. The summed E-state index contributed by atoms with van der Waals surface area (Å²) in [5.41, 5.74) is 0. The number of hydrogen-bond donors (Lipinski definition) is 0. The van der Waals surface area contributed by atoms with E-state index in [1.165, 1.54) is 0 Å². The molecule has 0 spiro atoms. The van der Waals surface area contributed by atoms with Crippen molar-refractivity contribution in [1.82, 2.24) is 4.41 Å². The SMILES string of the molecule is O=NN1CCS(=O)(=O)CS1(=O)=O. The van der Waals surface area contributed by atoms with E-state index in [0.717, 1.165) is 0 Å². The first-order valence-corrected chi connectivity index (χ1v) is 6.34. The molecule has 0 aromatic heterocycles. The summed E-state index contributed by atoms with van der Waals surface area (Å²) < 4.78 is 43.6. The van der Waals surface area contributed by atoms with Crippen LogP contribution in [0.3, 0.4) is 0 Å². The predicted molar refractivity (Wildman–Crippen MR) is 40.1 cm³/mol. The summed E-state index contributed by atoms with van der Waals surface area (Å²) >= 11 is 0. The van der Waals surface area contributed by atoms with Gasteiger partial charge < -0.3 is 0 Å². The lowest BCUT2D eigenvalue weighted by Gasteiger charge is -2.19. The Hall–Kier alpha value is -0.700. The highest BCUT2D eigenvalue weighted by Crippen LogP contribution is 2.12. The molecule has 0 aromatic carbocycles. The highest BCUT2D eigenvalue weighted by Gasteiger charge is 2.35. The molecule has 0 aliphatic carbocycles. The van der Waals surface area contributed by atoms with Crippen LogP contribution in [-0.4, -0.2) is 38.6 Å². The van der Waals surface area contributed by atoms with Gasteiger partial charge in [0.15, 0.2) is 14.9 Å². The molecule has 0 amide bonds. The maximum Gasteiger partial charge on any atom is 0.266 e. The number of nitrogens with zero attached hydrogens (tertiary/aromatic N) is 2. The molecule has 0 unspecified atom stereocenters. The molecule has 1 heterocycles. The second kappa shape index (κ2) is 2.66. The van der Waals surface area contributed by atoms with Crippen LogP contribution < -0.4 is 0 Å². The van der Waals surface area contributed by atoms with Crippen LogP contribution in [0.1, 0.15) is 0 Å². The summed E-state index contributed by atoms with van der Waals surface area (Å²) in [5, 5.41) is 1.17. The molecule has 9 heteroatoms. The van der Waals surface area contributed by atoms with Crippen LogP contribution >= 0.6 is 0 Å². The van der Waals surface area contributed by atoms with E-state index >= 15 is 0 Å². The molecule has 0 bridgehead atoms. The van der Waals surface area contributed by atoms with Crippen LogP contribution in [0, 0.1) is 4.91 Å². The lowest BCUT2D eigenvalue weighted by atomic mass is 10.8. The van der Waals surface area contributed by atoms with E-state index in [-0.39, 0.29) is 16.7 Å². The van der Waals surface area contributed by atoms with Gasteiger partial charge in [0.05, 0.1) is 17.6 Å². The van der Waals surface area contributed by atoms with Crippen molar-refractivity contribution >= 4 is 19.9 Å². The molecule has 0 N–H and O–H groups in total. The van der Waals surface area contributed by atoms with Gasteiger partial charge in [0, 0.05) is 0 Å². The first kappa shape index (κ1) is 9.39. The number of rotatable bonds is 1. The fraction of sp³-hybridized carbons (Fsp3) is 1.00. The van der Waals surface area contributed by atoms with Crippen LogP contribution in [0.25, 0.3) is 0 Å². The minimum Gasteiger partial charge on any atom is -0.228 e. The van der Waals surface area contributed by atoms with Crippen molar-refractivity contribution < 1.29 is 16.8 Å². The number of sulfonamides is 1. The van der Waals surface area contributed by atoms with Crippen LogP contribution in [-0.2, 0) is 19.9 Å². The number of sulfone groups is 1. The Morgan fingerprint density at radius 3 is 2.17 bits per heavy atom. The minimum absolute atomic E-state index is 0.258. The van der Waals surface area contributed by atoms with Gasteiger partial charge >= 0.3 is 0 Å². The zero-order chi connectivity index (χ0) is 9.41. The third-order valence-corrected chi connectivity index (χ3v) is 5.66. The number of hydrogen-bond acceptors (Lipinski definition) is 6. The van der Waals surface area contributed by atoms with Gasteiger partial charge in [-0.3, -0.25) is 0 Å². The highest BCUT2D eigenvalue weighted by molar-refractivity contribution is 8.07. The fourth-order valence-corrected chi connectivity index (χ4v) is 4.61. The van der Waals surface area contributed by atoms with Gasteiger partial charge in [0.25, 0.3) is 10.0 Å². The van der Waals surface area contributed by atoms with Crippen LogP contribution in [0.5, 0.6) is 0 Å². The molecule has 7 nitrogen and oxygen atoms in total. The van der Waals surface area contributed by atoms with E-state index < -0.39 is 24.9 Å². The molecule has 0 atom stereocenters. The summed E-state index contributed by atoms with van der Waals surface area (Å²) in [6.45, 7) is -0.381. The minimum atomic E-state index is -4.02. The van der Waals surface area contributed by atoms with E-state index in [1.54, 1.807) is 0 Å². The number of nitroso groups, excluding NO2 is 1. The Morgan fingerprint density at radius 1 is 1.17 bits per heavy atom. The normalized spacial score (nSPS) is 26.5. The molecule has 70 valence electrons. The van der Waals surface area contributed by atoms with E-state index in [0.29, 0.717) is 0 Å². The van der Waals surface area contributed by atoms with Gasteiger partial charge in [-0.05, 0) is 0 Å². The summed E-state index contributed by atoms with van der Waals surface area (Å²) in [6.07, 6.45) is 0. The second-order valence-electron chi connectivity index (χ2n) is 2.30. The quantitative estimate of drug-likeness (QED) is 0.504. The Morgan fingerprint density at radius 2 is 1.75 bits per heavy atom. The standard InChI is InChI=1S/C3H6N2O5S2/c6-4-5-1-2-11(7,8)3-12(5,9)10/h1-3H2. The molecule has 0 radical (unpaired) electrons. The average Bonchev–Trinajstić information content (AvgIpc) is 1.83. The van der Waals surface area contributed by atoms with Gasteiger partial charge in [-0.1, -0.05) is 0 Å². The van der Waals surface area contributed by atoms with Crippen molar-refractivity contribution in [2.24, 2.45) is 5.29 Å². The van der Waals surface area contributed by atoms with Crippen LogP contribution in [0.4, 0.5) is 0 Å². The molecule has 0 saturated carbocycles. The predicted octanol–water partition coefficient (Wildman–Crippen LogP) is -1.31. The zero-order valence-corrected chi connectivity index (χ0v) is 7.51.